The fourth-order valence-corrected chi connectivity index (χ4v) is 0.900. The van der Waals surface area contributed by atoms with Crippen molar-refractivity contribution in [2.24, 2.45) is 0 Å². The first-order valence-electron chi connectivity index (χ1n) is 3.78. The molecule has 2 nitrogen and oxygen atoms in total. The molecule has 1 aliphatic heterocycles. The van der Waals surface area contributed by atoms with Gasteiger partial charge in [-0.1, -0.05) is 24.3 Å². The third kappa shape index (κ3) is 2.23. The lowest BCUT2D eigenvalue weighted by molar-refractivity contribution is -0.116. The molecule has 0 spiro atoms. The quantitative estimate of drug-likeness (QED) is 0.613. The van der Waals surface area contributed by atoms with Crippen molar-refractivity contribution < 1.29 is 4.79 Å². The van der Waals surface area contributed by atoms with Gasteiger partial charge in [0.2, 0.25) is 0 Å². The third-order valence-electron chi connectivity index (χ3n) is 1.49. The lowest BCUT2D eigenvalue weighted by Gasteiger charge is -2.03. The van der Waals surface area contributed by atoms with Crippen LogP contribution < -0.4 is 5.32 Å². The number of amides is 1. The fourth-order valence-electron chi connectivity index (χ4n) is 0.900. The van der Waals surface area contributed by atoms with E-state index in [1.165, 1.54) is 0 Å². The summed E-state index contributed by atoms with van der Waals surface area (Å²) < 4.78 is 0. The van der Waals surface area contributed by atoms with Gasteiger partial charge < -0.3 is 5.32 Å². The van der Waals surface area contributed by atoms with Crippen LogP contribution in [0.1, 0.15) is 6.42 Å². The van der Waals surface area contributed by atoms with Crippen molar-refractivity contribution in [3.63, 3.8) is 0 Å². The van der Waals surface area contributed by atoms with Gasteiger partial charge in [-0.05, 0) is 12.5 Å². The highest BCUT2D eigenvalue weighted by Crippen LogP contribution is 2.04. The first kappa shape index (κ1) is 8.53. The van der Waals surface area contributed by atoms with Crippen LogP contribution in [0.2, 0.25) is 0 Å². The zero-order valence-electron chi connectivity index (χ0n) is 6.79. The lowest BCUT2D eigenvalue weighted by atomic mass is 10.1. The van der Waals surface area contributed by atoms with E-state index in [0.29, 0.717) is 6.42 Å². The molecule has 0 aromatic rings. The molecular weight excluding hydrogens is 150 g/mol. The van der Waals surface area contributed by atoms with E-state index < -0.39 is 0 Å². The maximum atomic E-state index is 11.2. The Labute approximate surface area is 72.0 Å². The predicted molar refractivity (Wildman–Crippen MR) is 49.3 cm³/mol. The summed E-state index contributed by atoms with van der Waals surface area (Å²) in [5.41, 5.74) is 0.727. The fraction of sp³-hybridized carbons (Fsp3) is 0.100. The minimum atomic E-state index is -0.0597. The van der Waals surface area contributed by atoms with E-state index in [2.05, 4.69) is 11.9 Å². The molecule has 1 aliphatic rings. The second-order valence-electron chi connectivity index (χ2n) is 2.40. The van der Waals surface area contributed by atoms with Crippen molar-refractivity contribution in [1.82, 2.24) is 5.32 Å². The first-order valence-corrected chi connectivity index (χ1v) is 3.78. The number of hydrogen-bond donors (Lipinski definition) is 1. The Morgan fingerprint density at radius 3 is 3.00 bits per heavy atom. The maximum Gasteiger partial charge on any atom is 0.251 e. The summed E-state index contributed by atoms with van der Waals surface area (Å²) in [7, 11) is 0. The second kappa shape index (κ2) is 4.34. The van der Waals surface area contributed by atoms with Gasteiger partial charge in [-0.2, -0.15) is 0 Å². The number of carbonyl (C=O) groups excluding carboxylic acids is 1. The molecule has 0 bridgehead atoms. The van der Waals surface area contributed by atoms with Crippen molar-refractivity contribution in [3.8, 4) is 0 Å². The summed E-state index contributed by atoms with van der Waals surface area (Å²) in [6.45, 7) is 3.58. The van der Waals surface area contributed by atoms with Crippen LogP contribution in [0.15, 0.2) is 48.7 Å². The summed E-state index contributed by atoms with van der Waals surface area (Å²) in [5.74, 6) is -0.0597. The Bertz CT molecular complexity index is 272. The smallest absolute Gasteiger partial charge is 0.251 e. The SMILES string of the molecule is C=CC/C1=C/C=C\C=C/NC1=O. The van der Waals surface area contributed by atoms with Crippen molar-refractivity contribution in [2.45, 2.75) is 6.42 Å². The number of hydrogen-bond acceptors (Lipinski definition) is 1. The minimum Gasteiger partial charge on any atom is -0.329 e. The highest BCUT2D eigenvalue weighted by Gasteiger charge is 2.04. The molecule has 1 amide bonds. The molecule has 0 saturated carbocycles. The van der Waals surface area contributed by atoms with Crippen LogP contribution in [-0.4, -0.2) is 5.91 Å². The van der Waals surface area contributed by atoms with Gasteiger partial charge in [0.1, 0.15) is 0 Å². The highest BCUT2D eigenvalue weighted by atomic mass is 16.1. The normalized spacial score (nSPS) is 25.7. The molecule has 0 radical (unpaired) electrons. The van der Waals surface area contributed by atoms with E-state index >= 15 is 0 Å². The Morgan fingerprint density at radius 2 is 2.25 bits per heavy atom. The molecule has 12 heavy (non-hydrogen) atoms. The zero-order valence-corrected chi connectivity index (χ0v) is 6.79. The average molecular weight is 161 g/mol. The summed E-state index contributed by atoms with van der Waals surface area (Å²) in [6.07, 6.45) is 11.2. The monoisotopic (exact) mass is 161 g/mol. The molecule has 0 aromatic heterocycles. The maximum absolute atomic E-state index is 11.2. The number of rotatable bonds is 2. The van der Waals surface area contributed by atoms with E-state index in [1.807, 2.05) is 12.2 Å². The standard InChI is InChI=1S/C10H11NO/c1-2-6-9-7-4-3-5-8-11-10(9)12/h2-5,7-8H,1,6H2,(H,11,12). The van der Waals surface area contributed by atoms with Crippen LogP contribution in [0.5, 0.6) is 0 Å². The van der Waals surface area contributed by atoms with Crippen LogP contribution in [0.3, 0.4) is 0 Å². The summed E-state index contributed by atoms with van der Waals surface area (Å²) in [6, 6.07) is 0. The topological polar surface area (TPSA) is 29.1 Å². The molecule has 0 unspecified atom stereocenters. The van der Waals surface area contributed by atoms with Gasteiger partial charge in [0, 0.05) is 11.8 Å². The van der Waals surface area contributed by atoms with Gasteiger partial charge in [0.05, 0.1) is 0 Å². The molecule has 1 rings (SSSR count). The molecule has 0 aliphatic carbocycles. The largest absolute Gasteiger partial charge is 0.329 e. The second-order valence-corrected chi connectivity index (χ2v) is 2.40. The van der Waals surface area contributed by atoms with E-state index in [4.69, 9.17) is 0 Å². The molecule has 0 atom stereocenters. The Kier molecular flexibility index (Phi) is 3.08. The average Bonchev–Trinajstić information content (AvgIpc) is 2.05. The molecule has 62 valence electrons. The van der Waals surface area contributed by atoms with Gasteiger partial charge >= 0.3 is 0 Å². The minimum absolute atomic E-state index is 0.0597. The third-order valence-corrected chi connectivity index (χ3v) is 1.49. The van der Waals surface area contributed by atoms with Crippen molar-refractivity contribution in [1.29, 1.82) is 0 Å². The van der Waals surface area contributed by atoms with Crippen molar-refractivity contribution in [3.05, 3.63) is 48.7 Å². The Morgan fingerprint density at radius 1 is 1.42 bits per heavy atom. The molecule has 0 fully saturated rings. The zero-order chi connectivity index (χ0) is 8.81. The van der Waals surface area contributed by atoms with E-state index in [1.54, 1.807) is 24.4 Å². The lowest BCUT2D eigenvalue weighted by Crippen LogP contribution is -2.19. The van der Waals surface area contributed by atoms with E-state index in [0.717, 1.165) is 5.57 Å². The first-order chi connectivity index (χ1) is 5.84. The predicted octanol–water partition coefficient (Wildman–Crippen LogP) is 1.69. The van der Waals surface area contributed by atoms with Gasteiger partial charge in [0.25, 0.3) is 5.91 Å². The summed E-state index contributed by atoms with van der Waals surface area (Å²) in [4.78, 5) is 11.2. The Balaban J connectivity index is 2.80. The number of nitrogens with one attached hydrogen (secondary N) is 1. The van der Waals surface area contributed by atoms with Crippen LogP contribution >= 0.6 is 0 Å². The van der Waals surface area contributed by atoms with Crippen LogP contribution in [-0.2, 0) is 4.79 Å². The molecule has 0 saturated heterocycles. The number of allylic oxidation sites excluding steroid dienone is 5. The van der Waals surface area contributed by atoms with Crippen LogP contribution in [0.4, 0.5) is 0 Å². The van der Waals surface area contributed by atoms with Gasteiger partial charge in [-0.25, -0.2) is 0 Å². The van der Waals surface area contributed by atoms with Crippen molar-refractivity contribution >= 4 is 5.91 Å². The molecule has 1 heterocycles. The van der Waals surface area contributed by atoms with Crippen LogP contribution in [0, 0.1) is 0 Å². The molecule has 0 aromatic carbocycles. The van der Waals surface area contributed by atoms with Gasteiger partial charge in [0.15, 0.2) is 0 Å². The van der Waals surface area contributed by atoms with E-state index in [-0.39, 0.29) is 5.91 Å². The van der Waals surface area contributed by atoms with Crippen LogP contribution in [0.25, 0.3) is 0 Å². The van der Waals surface area contributed by atoms with Gasteiger partial charge in [-0.3, -0.25) is 4.79 Å². The van der Waals surface area contributed by atoms with E-state index in [9.17, 15) is 4.79 Å². The van der Waals surface area contributed by atoms with Gasteiger partial charge in [-0.15, -0.1) is 6.58 Å². The molecule has 2 heteroatoms. The highest BCUT2D eigenvalue weighted by molar-refractivity contribution is 5.94. The summed E-state index contributed by atoms with van der Waals surface area (Å²) >= 11 is 0. The van der Waals surface area contributed by atoms with Crippen molar-refractivity contribution in [2.75, 3.05) is 0 Å². The number of carbonyl (C=O) groups is 1. The Hall–Kier alpha value is -1.57. The molecule has 1 N–H and O–H groups in total. The summed E-state index contributed by atoms with van der Waals surface area (Å²) in [5, 5.41) is 2.63. The molecular formula is C10H11NO.